The lowest BCUT2D eigenvalue weighted by atomic mass is 9.80. The average Bonchev–Trinajstić information content (AvgIpc) is 2.41. The summed E-state index contributed by atoms with van der Waals surface area (Å²) in [5.74, 6) is 0.760. The van der Waals surface area contributed by atoms with Crippen LogP contribution in [-0.4, -0.2) is 29.4 Å². The van der Waals surface area contributed by atoms with Gasteiger partial charge in [0.2, 0.25) is 5.91 Å². The Morgan fingerprint density at radius 2 is 1.79 bits per heavy atom. The summed E-state index contributed by atoms with van der Waals surface area (Å²) < 4.78 is 0. The van der Waals surface area contributed by atoms with Crippen LogP contribution in [0.2, 0.25) is 0 Å². The van der Waals surface area contributed by atoms with E-state index in [-0.39, 0.29) is 5.91 Å². The molecule has 0 heterocycles. The highest BCUT2D eigenvalue weighted by molar-refractivity contribution is 7.80. The fraction of sp³-hybridized carbons (Fsp3) is 0.867. The molecule has 0 saturated heterocycles. The summed E-state index contributed by atoms with van der Waals surface area (Å²) in [6.45, 7) is 4.84. The number of rotatable bonds is 6. The first-order valence-electron chi connectivity index (χ1n) is 7.53. The Kier molecular flexibility index (Phi) is 6.24. The normalized spacial score (nSPS) is 17.2. The number of thiocarbonyl (C=S) groups is 1. The molecular weight excluding hydrogens is 256 g/mol. The summed E-state index contributed by atoms with van der Waals surface area (Å²) in [5.41, 5.74) is 5.21. The fourth-order valence-corrected chi connectivity index (χ4v) is 3.59. The van der Waals surface area contributed by atoms with E-state index in [9.17, 15) is 4.79 Å². The van der Waals surface area contributed by atoms with Gasteiger partial charge in [0, 0.05) is 13.6 Å². The van der Waals surface area contributed by atoms with Gasteiger partial charge in [-0.1, -0.05) is 45.3 Å². The van der Waals surface area contributed by atoms with Crippen molar-refractivity contribution >= 4 is 23.1 Å². The molecule has 0 radical (unpaired) electrons. The van der Waals surface area contributed by atoms with Crippen molar-refractivity contribution in [2.45, 2.75) is 58.8 Å². The lowest BCUT2D eigenvalue weighted by Gasteiger charge is -2.35. The van der Waals surface area contributed by atoms with E-state index in [1.807, 2.05) is 25.8 Å². The van der Waals surface area contributed by atoms with Gasteiger partial charge in [-0.2, -0.15) is 0 Å². The van der Waals surface area contributed by atoms with E-state index in [4.69, 9.17) is 18.0 Å². The predicted molar refractivity (Wildman–Crippen MR) is 84.0 cm³/mol. The van der Waals surface area contributed by atoms with Crippen molar-refractivity contribution in [2.24, 2.45) is 17.1 Å². The van der Waals surface area contributed by atoms with Crippen LogP contribution in [0, 0.1) is 11.3 Å². The van der Waals surface area contributed by atoms with Gasteiger partial charge in [0.05, 0.1) is 10.4 Å². The number of nitrogens with two attached hydrogens (primary N) is 1. The molecule has 0 aliphatic heterocycles. The lowest BCUT2D eigenvalue weighted by molar-refractivity contribution is -0.138. The van der Waals surface area contributed by atoms with E-state index in [2.05, 4.69) is 0 Å². The summed E-state index contributed by atoms with van der Waals surface area (Å²) >= 11 is 5.16. The van der Waals surface area contributed by atoms with Gasteiger partial charge in [-0.3, -0.25) is 4.79 Å². The molecule has 0 aromatic rings. The van der Waals surface area contributed by atoms with Gasteiger partial charge in [0.1, 0.15) is 0 Å². The first kappa shape index (κ1) is 16.4. The third-order valence-corrected chi connectivity index (χ3v) is 5.08. The summed E-state index contributed by atoms with van der Waals surface area (Å²) in [5, 5.41) is 0. The van der Waals surface area contributed by atoms with Crippen LogP contribution < -0.4 is 5.73 Å². The zero-order valence-electron chi connectivity index (χ0n) is 12.6. The van der Waals surface area contributed by atoms with E-state index >= 15 is 0 Å². The zero-order valence-corrected chi connectivity index (χ0v) is 13.4. The average molecular weight is 284 g/mol. The van der Waals surface area contributed by atoms with Gasteiger partial charge in [-0.05, 0) is 31.6 Å². The molecule has 0 aromatic carbocycles. The molecule has 0 spiro atoms. The number of carbonyl (C=O) groups excluding carboxylic acids is 1. The number of amides is 1. The molecule has 1 rings (SSSR count). The number of nitrogens with zero attached hydrogens (tertiary/aromatic N) is 1. The van der Waals surface area contributed by atoms with Crippen molar-refractivity contribution in [2.75, 3.05) is 13.6 Å². The quantitative estimate of drug-likeness (QED) is 0.762. The van der Waals surface area contributed by atoms with Gasteiger partial charge in [0.25, 0.3) is 0 Å². The SMILES string of the molecule is CCC(CC)(C(=O)N(C)CC1CCCCC1)C(N)=S. The molecule has 110 valence electrons. The molecule has 19 heavy (non-hydrogen) atoms. The second-order valence-electron chi connectivity index (χ2n) is 5.84. The lowest BCUT2D eigenvalue weighted by Crippen LogP contribution is -2.50. The minimum absolute atomic E-state index is 0.107. The van der Waals surface area contributed by atoms with Crippen molar-refractivity contribution in [1.29, 1.82) is 0 Å². The van der Waals surface area contributed by atoms with Crippen LogP contribution in [0.3, 0.4) is 0 Å². The van der Waals surface area contributed by atoms with E-state index in [1.165, 1.54) is 32.1 Å². The fourth-order valence-electron chi connectivity index (χ4n) is 3.21. The molecule has 1 amide bonds. The maximum absolute atomic E-state index is 12.7. The maximum Gasteiger partial charge on any atom is 0.235 e. The molecule has 0 unspecified atom stereocenters. The zero-order chi connectivity index (χ0) is 14.5. The minimum atomic E-state index is -0.640. The molecule has 4 heteroatoms. The third-order valence-electron chi connectivity index (χ3n) is 4.69. The van der Waals surface area contributed by atoms with Crippen LogP contribution in [0.4, 0.5) is 0 Å². The van der Waals surface area contributed by atoms with Crippen LogP contribution in [-0.2, 0) is 4.79 Å². The van der Waals surface area contributed by atoms with E-state index in [0.29, 0.717) is 23.7 Å². The second-order valence-corrected chi connectivity index (χ2v) is 6.28. The van der Waals surface area contributed by atoms with E-state index in [0.717, 1.165) is 6.54 Å². The standard InChI is InChI=1S/C15H28N2OS/c1-4-15(5-2,13(16)19)14(18)17(3)11-12-9-7-6-8-10-12/h12H,4-11H2,1-3H3,(H2,16,19). The number of hydrogen-bond donors (Lipinski definition) is 1. The first-order valence-corrected chi connectivity index (χ1v) is 7.94. The van der Waals surface area contributed by atoms with E-state index < -0.39 is 5.41 Å². The van der Waals surface area contributed by atoms with Gasteiger partial charge in [-0.25, -0.2) is 0 Å². The molecule has 1 saturated carbocycles. The Bertz CT molecular complexity index is 320. The Morgan fingerprint density at radius 3 is 2.21 bits per heavy atom. The van der Waals surface area contributed by atoms with Crippen LogP contribution in [0.1, 0.15) is 58.8 Å². The molecule has 1 fully saturated rings. The van der Waals surface area contributed by atoms with Crippen molar-refractivity contribution in [1.82, 2.24) is 4.90 Å². The van der Waals surface area contributed by atoms with Crippen LogP contribution in [0.15, 0.2) is 0 Å². The molecule has 1 aliphatic rings. The van der Waals surface area contributed by atoms with Crippen LogP contribution >= 0.6 is 12.2 Å². The molecule has 0 bridgehead atoms. The Morgan fingerprint density at radius 1 is 1.26 bits per heavy atom. The van der Waals surface area contributed by atoms with Crippen molar-refractivity contribution < 1.29 is 4.79 Å². The van der Waals surface area contributed by atoms with Crippen molar-refractivity contribution in [3.05, 3.63) is 0 Å². The molecule has 0 aromatic heterocycles. The Balaban J connectivity index is 2.70. The monoisotopic (exact) mass is 284 g/mol. The van der Waals surface area contributed by atoms with Gasteiger partial charge >= 0.3 is 0 Å². The summed E-state index contributed by atoms with van der Waals surface area (Å²) in [4.78, 5) is 14.9. The Labute approximate surface area is 122 Å². The van der Waals surface area contributed by atoms with E-state index in [1.54, 1.807) is 0 Å². The van der Waals surface area contributed by atoms with Gasteiger partial charge < -0.3 is 10.6 Å². The summed E-state index contributed by atoms with van der Waals surface area (Å²) in [6, 6.07) is 0. The third kappa shape index (κ3) is 3.68. The van der Waals surface area contributed by atoms with Crippen molar-refractivity contribution in [3.63, 3.8) is 0 Å². The Hall–Kier alpha value is -0.640. The first-order chi connectivity index (χ1) is 8.97. The van der Waals surface area contributed by atoms with Crippen molar-refractivity contribution in [3.8, 4) is 0 Å². The largest absolute Gasteiger partial charge is 0.392 e. The van der Waals surface area contributed by atoms with Crippen LogP contribution in [0.5, 0.6) is 0 Å². The minimum Gasteiger partial charge on any atom is -0.392 e. The van der Waals surface area contributed by atoms with Crippen LogP contribution in [0.25, 0.3) is 0 Å². The topological polar surface area (TPSA) is 46.3 Å². The summed E-state index contributed by atoms with van der Waals surface area (Å²) in [7, 11) is 1.90. The van der Waals surface area contributed by atoms with Gasteiger partial charge in [0.15, 0.2) is 0 Å². The molecule has 1 aliphatic carbocycles. The highest BCUT2D eigenvalue weighted by Crippen LogP contribution is 2.31. The highest BCUT2D eigenvalue weighted by atomic mass is 32.1. The highest BCUT2D eigenvalue weighted by Gasteiger charge is 2.40. The molecule has 0 atom stereocenters. The molecular formula is C15H28N2OS. The second kappa shape index (κ2) is 7.22. The predicted octanol–water partition coefficient (Wildman–Crippen LogP) is 3.12. The molecule has 2 N–H and O–H groups in total. The maximum atomic E-state index is 12.7. The smallest absolute Gasteiger partial charge is 0.235 e. The number of carbonyl (C=O) groups is 1. The van der Waals surface area contributed by atoms with Gasteiger partial charge in [-0.15, -0.1) is 0 Å². The summed E-state index contributed by atoms with van der Waals surface area (Å²) in [6.07, 6.45) is 7.81. The number of hydrogen-bond acceptors (Lipinski definition) is 2. The molecule has 3 nitrogen and oxygen atoms in total.